The number of ether oxygens (including phenoxy) is 1. The number of hydrogen-bond acceptors (Lipinski definition) is 5. The number of anilines is 1. The minimum Gasteiger partial charge on any atom is -0.444 e. The van der Waals surface area contributed by atoms with Crippen LogP contribution in [0.15, 0.2) is 28.9 Å². The van der Waals surface area contributed by atoms with Gasteiger partial charge in [0.05, 0.1) is 16.8 Å². The number of carbonyl (C=O) groups is 2. The fourth-order valence-electron chi connectivity index (χ4n) is 3.88. The topological polar surface area (TPSA) is 80.3 Å². The molecule has 168 valence electrons. The third-order valence-corrected chi connectivity index (χ3v) is 5.91. The lowest BCUT2D eigenvalue weighted by atomic mass is 9.90. The molecule has 0 aliphatic heterocycles. The third kappa shape index (κ3) is 6.19. The van der Waals surface area contributed by atoms with E-state index in [1.54, 1.807) is 6.20 Å². The summed E-state index contributed by atoms with van der Waals surface area (Å²) in [6.45, 7) is 9.40. The Hall–Kier alpha value is -2.15. The lowest BCUT2D eigenvalue weighted by molar-refractivity contribution is 0.0492. The Morgan fingerprint density at radius 2 is 1.77 bits per heavy atom. The number of halogens is 1. The van der Waals surface area contributed by atoms with Gasteiger partial charge in [-0.3, -0.25) is 9.78 Å². The van der Waals surface area contributed by atoms with Crippen LogP contribution >= 0.6 is 15.9 Å². The van der Waals surface area contributed by atoms with Crippen molar-refractivity contribution < 1.29 is 14.3 Å². The van der Waals surface area contributed by atoms with Gasteiger partial charge in [-0.2, -0.15) is 0 Å². The van der Waals surface area contributed by atoms with Crippen LogP contribution in [0.2, 0.25) is 0 Å². The molecule has 2 aromatic rings. The predicted molar refractivity (Wildman–Crippen MR) is 128 cm³/mol. The number of amides is 1. The number of ketones is 1. The van der Waals surface area contributed by atoms with Crippen LogP contribution in [0.4, 0.5) is 10.5 Å². The number of benzene rings is 1. The monoisotopic (exact) mass is 489 g/mol. The van der Waals surface area contributed by atoms with Crippen LogP contribution in [0.5, 0.6) is 0 Å². The van der Waals surface area contributed by atoms with Crippen molar-refractivity contribution in [2.24, 2.45) is 5.92 Å². The first kappa shape index (κ1) is 23.5. The molecule has 0 saturated heterocycles. The minimum atomic E-state index is -0.501. The molecule has 6 nitrogen and oxygen atoms in total. The molecule has 0 bridgehead atoms. The number of fused-ring (bicyclic) bond motifs is 1. The van der Waals surface area contributed by atoms with Gasteiger partial charge in [0.1, 0.15) is 5.60 Å². The number of pyridine rings is 1. The van der Waals surface area contributed by atoms with Gasteiger partial charge in [-0.25, -0.2) is 4.79 Å². The van der Waals surface area contributed by atoms with Crippen molar-refractivity contribution in [2.45, 2.75) is 78.0 Å². The Labute approximate surface area is 192 Å². The molecule has 1 aromatic carbocycles. The fraction of sp³-hybridized carbons (Fsp3) is 0.542. The van der Waals surface area contributed by atoms with Crippen molar-refractivity contribution in [3.63, 3.8) is 0 Å². The standard InChI is InChI=1S/C24H32BrN3O3/c1-14(2)22(29)19-13-26-20-11-6-15(25)12-18(20)21(19)27-16-7-9-17(10-8-16)28-23(30)31-24(3,4)5/h6,11-14,16-17H,7-10H2,1-5H3,(H,26,27)(H,28,30)/t16-,17-. The van der Waals surface area contributed by atoms with Crippen LogP contribution in [-0.2, 0) is 4.74 Å². The SMILES string of the molecule is CC(C)C(=O)c1cnc2ccc(Br)cc2c1N[C@H]1CC[C@H](NC(=O)OC(C)(C)C)CC1. The zero-order valence-electron chi connectivity index (χ0n) is 18.9. The van der Waals surface area contributed by atoms with Gasteiger partial charge < -0.3 is 15.4 Å². The van der Waals surface area contributed by atoms with Gasteiger partial charge in [0.15, 0.2) is 5.78 Å². The number of hydrogen-bond donors (Lipinski definition) is 2. The molecule has 1 aromatic heterocycles. The summed E-state index contributed by atoms with van der Waals surface area (Å²) < 4.78 is 6.32. The molecule has 2 N–H and O–H groups in total. The maximum absolute atomic E-state index is 12.9. The van der Waals surface area contributed by atoms with Crippen LogP contribution < -0.4 is 10.6 Å². The maximum atomic E-state index is 12.9. The van der Waals surface area contributed by atoms with Crippen molar-refractivity contribution in [3.05, 3.63) is 34.4 Å². The molecule has 1 heterocycles. The molecule has 0 radical (unpaired) electrons. The van der Waals surface area contributed by atoms with E-state index in [4.69, 9.17) is 4.74 Å². The number of nitrogens with zero attached hydrogens (tertiary/aromatic N) is 1. The molecule has 1 aliphatic rings. The molecular weight excluding hydrogens is 458 g/mol. The zero-order chi connectivity index (χ0) is 22.8. The van der Waals surface area contributed by atoms with Gasteiger partial charge >= 0.3 is 6.09 Å². The molecule has 0 atom stereocenters. The highest BCUT2D eigenvalue weighted by Crippen LogP contribution is 2.33. The number of rotatable bonds is 5. The van der Waals surface area contributed by atoms with Crippen LogP contribution in [0.3, 0.4) is 0 Å². The molecular formula is C24H32BrN3O3. The van der Waals surface area contributed by atoms with Crippen LogP contribution in [0.1, 0.15) is 70.7 Å². The molecule has 31 heavy (non-hydrogen) atoms. The molecule has 1 saturated carbocycles. The number of alkyl carbamates (subject to hydrolysis) is 1. The van der Waals surface area contributed by atoms with Gasteiger partial charge in [-0.15, -0.1) is 0 Å². The van der Waals surface area contributed by atoms with Crippen molar-refractivity contribution in [3.8, 4) is 0 Å². The molecule has 3 rings (SSSR count). The van der Waals surface area contributed by atoms with E-state index >= 15 is 0 Å². The van der Waals surface area contributed by atoms with E-state index in [0.717, 1.165) is 46.7 Å². The van der Waals surface area contributed by atoms with E-state index in [1.807, 2.05) is 52.8 Å². The Morgan fingerprint density at radius 3 is 2.39 bits per heavy atom. The van der Waals surface area contributed by atoms with E-state index in [1.165, 1.54) is 0 Å². The summed E-state index contributed by atoms with van der Waals surface area (Å²) in [4.78, 5) is 29.4. The summed E-state index contributed by atoms with van der Waals surface area (Å²) in [7, 11) is 0. The van der Waals surface area contributed by atoms with E-state index in [9.17, 15) is 9.59 Å². The first-order valence-electron chi connectivity index (χ1n) is 10.9. The average Bonchev–Trinajstić information content (AvgIpc) is 2.67. The molecule has 0 unspecified atom stereocenters. The number of aromatic nitrogens is 1. The summed E-state index contributed by atoms with van der Waals surface area (Å²) in [6, 6.07) is 6.25. The summed E-state index contributed by atoms with van der Waals surface area (Å²) in [6.07, 6.45) is 4.84. The summed E-state index contributed by atoms with van der Waals surface area (Å²) in [5.74, 6) is -0.0297. The average molecular weight is 490 g/mol. The quantitative estimate of drug-likeness (QED) is 0.497. The maximum Gasteiger partial charge on any atom is 0.407 e. The van der Waals surface area contributed by atoms with Gasteiger partial charge in [0.25, 0.3) is 0 Å². The van der Waals surface area contributed by atoms with Crippen molar-refractivity contribution >= 4 is 44.4 Å². The summed E-state index contributed by atoms with van der Waals surface area (Å²) >= 11 is 3.54. The summed E-state index contributed by atoms with van der Waals surface area (Å²) in [5, 5.41) is 7.56. The smallest absolute Gasteiger partial charge is 0.407 e. The van der Waals surface area contributed by atoms with E-state index in [0.29, 0.717) is 5.56 Å². The number of carbonyl (C=O) groups excluding carboxylic acids is 2. The lowest BCUT2D eigenvalue weighted by Gasteiger charge is -2.31. The lowest BCUT2D eigenvalue weighted by Crippen LogP contribution is -2.42. The van der Waals surface area contributed by atoms with Crippen molar-refractivity contribution in [1.29, 1.82) is 0 Å². The van der Waals surface area contributed by atoms with Gasteiger partial charge in [-0.05, 0) is 64.7 Å². The second-order valence-corrected chi connectivity index (χ2v) is 10.5. The molecule has 0 spiro atoms. The zero-order valence-corrected chi connectivity index (χ0v) is 20.5. The van der Waals surface area contributed by atoms with E-state index < -0.39 is 5.60 Å². The minimum absolute atomic E-state index is 0.0807. The van der Waals surface area contributed by atoms with Gasteiger partial charge in [0.2, 0.25) is 0 Å². The Bertz CT molecular complexity index is 960. The van der Waals surface area contributed by atoms with E-state index in [2.05, 4.69) is 31.5 Å². The third-order valence-electron chi connectivity index (χ3n) is 5.42. The number of Topliss-reactive ketones (excluding diaryl/α,β-unsaturated/α-hetero) is 1. The van der Waals surface area contributed by atoms with Crippen molar-refractivity contribution in [1.82, 2.24) is 10.3 Å². The number of nitrogens with one attached hydrogen (secondary N) is 2. The Balaban J connectivity index is 1.75. The van der Waals surface area contributed by atoms with Crippen LogP contribution in [-0.4, -0.2) is 34.5 Å². The first-order valence-corrected chi connectivity index (χ1v) is 11.7. The summed E-state index contributed by atoms with van der Waals surface area (Å²) in [5.41, 5.74) is 1.84. The Kier molecular flexibility index (Phi) is 7.24. The van der Waals surface area contributed by atoms with Gasteiger partial charge in [0, 0.05) is 34.1 Å². The van der Waals surface area contributed by atoms with E-state index in [-0.39, 0.29) is 29.9 Å². The van der Waals surface area contributed by atoms with Gasteiger partial charge in [-0.1, -0.05) is 29.8 Å². The molecule has 7 heteroatoms. The highest BCUT2D eigenvalue weighted by atomic mass is 79.9. The fourth-order valence-corrected chi connectivity index (χ4v) is 4.24. The Morgan fingerprint density at radius 1 is 1.13 bits per heavy atom. The largest absolute Gasteiger partial charge is 0.444 e. The molecule has 1 amide bonds. The highest BCUT2D eigenvalue weighted by molar-refractivity contribution is 9.10. The molecule has 1 fully saturated rings. The van der Waals surface area contributed by atoms with Crippen molar-refractivity contribution in [2.75, 3.05) is 5.32 Å². The normalized spacial score (nSPS) is 19.3. The predicted octanol–water partition coefficient (Wildman–Crippen LogP) is 6.08. The molecule has 1 aliphatic carbocycles. The highest BCUT2D eigenvalue weighted by Gasteiger charge is 2.26. The second-order valence-electron chi connectivity index (χ2n) is 9.57. The van der Waals surface area contributed by atoms with Crippen LogP contribution in [0.25, 0.3) is 10.9 Å². The first-order chi connectivity index (χ1) is 14.5. The van der Waals surface area contributed by atoms with Crippen LogP contribution in [0, 0.1) is 5.92 Å². The second kappa shape index (κ2) is 9.55.